The van der Waals surface area contributed by atoms with Crippen LogP contribution in [-0.4, -0.2) is 38.3 Å². The molecule has 1 aliphatic carbocycles. The highest BCUT2D eigenvalue weighted by atomic mass is 16.1. The molecule has 1 fully saturated rings. The number of para-hydroxylation sites is 2. The number of aryl methyl sites for hydroxylation is 1. The largest absolute Gasteiger partial charge is 0.352 e. The molecule has 3 heterocycles. The van der Waals surface area contributed by atoms with Crippen LogP contribution >= 0.6 is 0 Å². The summed E-state index contributed by atoms with van der Waals surface area (Å²) in [4.78, 5) is 27.2. The second kappa shape index (κ2) is 10.8. The van der Waals surface area contributed by atoms with Gasteiger partial charge in [0, 0.05) is 38.3 Å². The molecule has 1 unspecified atom stereocenters. The molecule has 4 aromatic rings. The number of amides is 1. The Hall–Kier alpha value is -3.55. The first-order valence-electron chi connectivity index (χ1n) is 13.4. The average Bonchev–Trinajstić information content (AvgIpc) is 3.54. The lowest BCUT2D eigenvalue weighted by Gasteiger charge is -2.34. The molecule has 1 amide bonds. The monoisotopic (exact) mass is 494 g/mol. The molecule has 6 rings (SSSR count). The first kappa shape index (κ1) is 23.8. The number of carbonyl (C=O) groups excluding carboxylic acids is 1. The fraction of sp³-hybridized carbons (Fsp3) is 0.367. The maximum atomic E-state index is 11.4. The number of carbonyl (C=O) groups is 1. The van der Waals surface area contributed by atoms with Gasteiger partial charge in [0.15, 0.2) is 0 Å². The van der Waals surface area contributed by atoms with E-state index in [-0.39, 0.29) is 18.0 Å². The summed E-state index contributed by atoms with van der Waals surface area (Å²) in [5.41, 5.74) is 7.20. The van der Waals surface area contributed by atoms with Crippen LogP contribution in [0.15, 0.2) is 66.9 Å². The highest BCUT2D eigenvalue weighted by molar-refractivity contribution is 5.78. The number of aromatic amines is 1. The molecule has 0 bridgehead atoms. The number of nitrogens with zero attached hydrogens (tertiary/aromatic N) is 3. The molecule has 7 heteroatoms. The van der Waals surface area contributed by atoms with E-state index in [2.05, 4.69) is 69.0 Å². The number of imidazole rings is 1. The number of rotatable bonds is 9. The molecule has 3 N–H and O–H groups in total. The maximum Gasteiger partial charge on any atom is 0.220 e. The van der Waals surface area contributed by atoms with E-state index in [1.807, 2.05) is 18.3 Å². The zero-order valence-electron chi connectivity index (χ0n) is 21.1. The number of H-pyrrole nitrogens is 1. The van der Waals surface area contributed by atoms with Crippen LogP contribution in [0.3, 0.4) is 0 Å². The van der Waals surface area contributed by atoms with Gasteiger partial charge in [-0.3, -0.25) is 14.7 Å². The fourth-order valence-electron chi connectivity index (χ4n) is 5.71. The van der Waals surface area contributed by atoms with Crippen molar-refractivity contribution in [3.05, 3.63) is 95.1 Å². The van der Waals surface area contributed by atoms with Crippen molar-refractivity contribution in [1.82, 2.24) is 30.5 Å². The van der Waals surface area contributed by atoms with E-state index in [1.165, 1.54) is 28.8 Å². The van der Waals surface area contributed by atoms with Gasteiger partial charge in [0.25, 0.3) is 0 Å². The predicted octanol–water partition coefficient (Wildman–Crippen LogP) is 4.41. The molecule has 2 aromatic carbocycles. The summed E-state index contributed by atoms with van der Waals surface area (Å²) >= 11 is 0. The Morgan fingerprint density at radius 2 is 1.81 bits per heavy atom. The van der Waals surface area contributed by atoms with Gasteiger partial charge in [0.2, 0.25) is 5.91 Å². The van der Waals surface area contributed by atoms with Gasteiger partial charge in [-0.2, -0.15) is 0 Å². The van der Waals surface area contributed by atoms with Crippen molar-refractivity contribution in [3.8, 4) is 0 Å². The molecular weight excluding hydrogens is 460 g/mol. The van der Waals surface area contributed by atoms with E-state index in [0.29, 0.717) is 6.42 Å². The summed E-state index contributed by atoms with van der Waals surface area (Å²) < 4.78 is 0. The van der Waals surface area contributed by atoms with Crippen LogP contribution in [0, 0.1) is 0 Å². The Bertz CT molecular complexity index is 1330. The molecule has 0 saturated carbocycles. The molecule has 2 aromatic heterocycles. The van der Waals surface area contributed by atoms with Crippen LogP contribution in [0.4, 0.5) is 0 Å². The molecular formula is C30H34N6O. The summed E-state index contributed by atoms with van der Waals surface area (Å²) in [6.07, 6.45) is 6.87. The van der Waals surface area contributed by atoms with E-state index in [4.69, 9.17) is 9.97 Å². The standard InChI is InChI=1S/C30H34N6O/c37-29-15-14-24(33-29)18-31-17-21-10-12-22(13-11-21)19-36(20-28-34-25-7-1-2-8-26(25)35-28)27-9-3-5-23-6-4-16-32-30(23)27/h1-2,4,6-8,10-13,16,24,27,31H,3,5,9,14-15,17-20H2,(H,33,37)(H,34,35)/t24?,27-/m0/s1. The van der Waals surface area contributed by atoms with E-state index < -0.39 is 0 Å². The number of pyridine rings is 1. The number of fused-ring (bicyclic) bond motifs is 2. The molecule has 1 saturated heterocycles. The van der Waals surface area contributed by atoms with Crippen LogP contribution in [0.5, 0.6) is 0 Å². The van der Waals surface area contributed by atoms with E-state index in [9.17, 15) is 4.79 Å². The Labute approximate surface area is 217 Å². The molecule has 1 aliphatic heterocycles. The quantitative estimate of drug-likeness (QED) is 0.321. The van der Waals surface area contributed by atoms with Gasteiger partial charge in [-0.15, -0.1) is 0 Å². The first-order valence-corrected chi connectivity index (χ1v) is 13.4. The van der Waals surface area contributed by atoms with Crippen molar-refractivity contribution >= 4 is 16.9 Å². The lowest BCUT2D eigenvalue weighted by molar-refractivity contribution is -0.119. The van der Waals surface area contributed by atoms with Crippen LogP contribution in [0.1, 0.15) is 59.9 Å². The topological polar surface area (TPSA) is 85.9 Å². The number of aromatic nitrogens is 3. The number of hydrogen-bond donors (Lipinski definition) is 3. The van der Waals surface area contributed by atoms with E-state index in [1.54, 1.807) is 0 Å². The highest BCUT2D eigenvalue weighted by Gasteiger charge is 2.28. The molecule has 2 aliphatic rings. The predicted molar refractivity (Wildman–Crippen MR) is 145 cm³/mol. The fourth-order valence-corrected chi connectivity index (χ4v) is 5.71. The summed E-state index contributed by atoms with van der Waals surface area (Å²) in [7, 11) is 0. The summed E-state index contributed by atoms with van der Waals surface area (Å²) in [5.74, 6) is 1.16. The Kier molecular flexibility index (Phi) is 6.97. The van der Waals surface area contributed by atoms with Gasteiger partial charge in [-0.05, 0) is 60.6 Å². The van der Waals surface area contributed by atoms with E-state index >= 15 is 0 Å². The van der Waals surface area contributed by atoms with Crippen molar-refractivity contribution < 1.29 is 4.79 Å². The van der Waals surface area contributed by atoms with Crippen LogP contribution in [0.25, 0.3) is 11.0 Å². The Morgan fingerprint density at radius 1 is 0.946 bits per heavy atom. The van der Waals surface area contributed by atoms with Gasteiger partial charge in [-0.25, -0.2) is 4.98 Å². The number of benzene rings is 2. The van der Waals surface area contributed by atoms with Crippen LogP contribution in [-0.2, 0) is 30.8 Å². The highest BCUT2D eigenvalue weighted by Crippen LogP contribution is 2.34. The summed E-state index contributed by atoms with van der Waals surface area (Å²) in [6, 6.07) is 21.9. The van der Waals surface area contributed by atoms with Crippen molar-refractivity contribution in [3.63, 3.8) is 0 Å². The van der Waals surface area contributed by atoms with E-state index in [0.717, 1.165) is 62.3 Å². The van der Waals surface area contributed by atoms with Gasteiger partial charge < -0.3 is 15.6 Å². The zero-order valence-corrected chi connectivity index (χ0v) is 21.1. The third-order valence-electron chi connectivity index (χ3n) is 7.61. The van der Waals surface area contributed by atoms with Gasteiger partial charge in [0.05, 0.1) is 29.3 Å². The lowest BCUT2D eigenvalue weighted by Crippen LogP contribution is -2.35. The minimum atomic E-state index is 0.166. The minimum absolute atomic E-state index is 0.166. The van der Waals surface area contributed by atoms with Crippen LogP contribution < -0.4 is 10.6 Å². The Morgan fingerprint density at radius 3 is 2.65 bits per heavy atom. The SMILES string of the molecule is O=C1CCC(CNCc2ccc(CN(Cc3nc4ccccc4[nH]3)[C@H]3CCCc4cccnc43)cc2)N1. The molecule has 0 spiro atoms. The first-order chi connectivity index (χ1) is 18.2. The van der Waals surface area contributed by atoms with Crippen molar-refractivity contribution in [2.45, 2.75) is 63.8 Å². The Balaban J connectivity index is 1.17. The van der Waals surface area contributed by atoms with Gasteiger partial charge >= 0.3 is 0 Å². The second-order valence-corrected chi connectivity index (χ2v) is 10.3. The van der Waals surface area contributed by atoms with Crippen molar-refractivity contribution in [1.29, 1.82) is 0 Å². The second-order valence-electron chi connectivity index (χ2n) is 10.3. The van der Waals surface area contributed by atoms with Gasteiger partial charge in [0.1, 0.15) is 5.82 Å². The summed E-state index contributed by atoms with van der Waals surface area (Å²) in [5, 5.41) is 6.50. The minimum Gasteiger partial charge on any atom is -0.352 e. The molecule has 37 heavy (non-hydrogen) atoms. The number of nitrogens with one attached hydrogen (secondary N) is 3. The molecule has 0 radical (unpaired) electrons. The average molecular weight is 495 g/mol. The van der Waals surface area contributed by atoms with Crippen LogP contribution in [0.2, 0.25) is 0 Å². The zero-order chi connectivity index (χ0) is 25.0. The number of hydrogen-bond acceptors (Lipinski definition) is 5. The van der Waals surface area contributed by atoms with Crippen molar-refractivity contribution in [2.75, 3.05) is 6.54 Å². The van der Waals surface area contributed by atoms with Crippen molar-refractivity contribution in [2.24, 2.45) is 0 Å². The molecule has 190 valence electrons. The smallest absolute Gasteiger partial charge is 0.220 e. The van der Waals surface area contributed by atoms with Gasteiger partial charge in [-0.1, -0.05) is 42.5 Å². The molecule has 7 nitrogen and oxygen atoms in total. The lowest BCUT2D eigenvalue weighted by atomic mass is 9.90. The normalized spacial score (nSPS) is 19.3. The third-order valence-corrected chi connectivity index (χ3v) is 7.61. The molecule has 2 atom stereocenters. The summed E-state index contributed by atoms with van der Waals surface area (Å²) in [6.45, 7) is 3.19. The third kappa shape index (κ3) is 5.58. The maximum absolute atomic E-state index is 11.4.